The first-order chi connectivity index (χ1) is 10.7. The van der Waals surface area contributed by atoms with E-state index in [-0.39, 0.29) is 23.2 Å². The number of thioether (sulfide) groups is 1. The highest BCUT2D eigenvalue weighted by Gasteiger charge is 2.15. The van der Waals surface area contributed by atoms with Crippen molar-refractivity contribution >= 4 is 28.6 Å². The molecule has 0 aliphatic heterocycles. The minimum atomic E-state index is -0.262. The van der Waals surface area contributed by atoms with Crippen LogP contribution in [0.1, 0.15) is 0 Å². The quantitative estimate of drug-likeness (QED) is 0.531. The van der Waals surface area contributed by atoms with Gasteiger partial charge in [0.15, 0.2) is 5.16 Å². The Morgan fingerprint density at radius 3 is 2.95 bits per heavy atom. The van der Waals surface area contributed by atoms with E-state index in [0.717, 1.165) is 11.8 Å². The standard InChI is InChI=1S/C13H12N6O2S/c1-14-10(20)6-22-13-17-9-5-3-2-4-8(9)11(21)19(13)12-15-7-16-18-12/h2-5,7H,6H2,1H3,(H,14,20)(H,15,16,18). The number of H-pyrrole nitrogens is 1. The van der Waals surface area contributed by atoms with Crippen LogP contribution in [-0.4, -0.2) is 43.4 Å². The number of para-hydroxylation sites is 1. The van der Waals surface area contributed by atoms with Crippen LogP contribution in [0.5, 0.6) is 0 Å². The minimum absolute atomic E-state index is 0.148. The van der Waals surface area contributed by atoms with E-state index in [0.29, 0.717) is 16.1 Å². The molecular weight excluding hydrogens is 304 g/mol. The van der Waals surface area contributed by atoms with Crippen LogP contribution in [0, 0.1) is 0 Å². The summed E-state index contributed by atoms with van der Waals surface area (Å²) >= 11 is 1.16. The number of carbonyl (C=O) groups is 1. The number of amides is 1. The Morgan fingerprint density at radius 1 is 1.41 bits per heavy atom. The highest BCUT2D eigenvalue weighted by atomic mass is 32.2. The summed E-state index contributed by atoms with van der Waals surface area (Å²) in [5, 5.41) is 9.79. The van der Waals surface area contributed by atoms with Gasteiger partial charge in [-0.15, -0.1) is 0 Å². The Bertz CT molecular complexity index is 874. The van der Waals surface area contributed by atoms with Crippen LogP contribution in [0.2, 0.25) is 0 Å². The fraction of sp³-hybridized carbons (Fsp3) is 0.154. The SMILES string of the molecule is CNC(=O)CSc1nc2ccccc2c(=O)n1-c1ncn[nH]1. The number of nitrogens with one attached hydrogen (secondary N) is 2. The van der Waals surface area contributed by atoms with E-state index in [1.807, 2.05) is 0 Å². The van der Waals surface area contributed by atoms with Gasteiger partial charge in [0.25, 0.3) is 5.56 Å². The van der Waals surface area contributed by atoms with Crippen molar-refractivity contribution in [2.45, 2.75) is 5.16 Å². The second-order valence-corrected chi connectivity index (χ2v) is 5.27. The summed E-state index contributed by atoms with van der Waals surface area (Å²) in [6.45, 7) is 0. The number of rotatable bonds is 4. The van der Waals surface area contributed by atoms with Gasteiger partial charge in [-0.25, -0.2) is 14.6 Å². The fourth-order valence-corrected chi connectivity index (χ4v) is 2.77. The molecule has 0 saturated heterocycles. The van der Waals surface area contributed by atoms with E-state index >= 15 is 0 Å². The van der Waals surface area contributed by atoms with Crippen molar-refractivity contribution in [1.82, 2.24) is 30.0 Å². The molecular formula is C13H12N6O2S. The second-order valence-electron chi connectivity index (χ2n) is 4.32. The van der Waals surface area contributed by atoms with E-state index < -0.39 is 0 Å². The molecule has 2 heterocycles. The smallest absolute Gasteiger partial charge is 0.269 e. The molecule has 3 aromatic rings. The lowest BCUT2D eigenvalue weighted by Crippen LogP contribution is -2.24. The summed E-state index contributed by atoms with van der Waals surface area (Å²) < 4.78 is 1.32. The topological polar surface area (TPSA) is 106 Å². The lowest BCUT2D eigenvalue weighted by atomic mass is 10.2. The summed E-state index contributed by atoms with van der Waals surface area (Å²) in [7, 11) is 1.56. The van der Waals surface area contributed by atoms with Crippen LogP contribution < -0.4 is 10.9 Å². The van der Waals surface area contributed by atoms with Gasteiger partial charge in [-0.1, -0.05) is 23.9 Å². The van der Waals surface area contributed by atoms with Crippen molar-refractivity contribution in [1.29, 1.82) is 0 Å². The molecule has 0 atom stereocenters. The third-order valence-electron chi connectivity index (χ3n) is 2.97. The molecule has 0 spiro atoms. The van der Waals surface area contributed by atoms with Gasteiger partial charge >= 0.3 is 0 Å². The Labute approximate surface area is 129 Å². The molecule has 9 heteroatoms. The third-order valence-corrected chi connectivity index (χ3v) is 3.91. The van der Waals surface area contributed by atoms with Crippen molar-refractivity contribution in [3.63, 3.8) is 0 Å². The molecule has 8 nitrogen and oxygen atoms in total. The lowest BCUT2D eigenvalue weighted by molar-refractivity contribution is -0.118. The maximum atomic E-state index is 12.7. The fourth-order valence-electron chi connectivity index (χ4n) is 1.90. The lowest BCUT2D eigenvalue weighted by Gasteiger charge is -2.09. The van der Waals surface area contributed by atoms with Crippen LogP contribution in [0.25, 0.3) is 16.9 Å². The van der Waals surface area contributed by atoms with Crippen molar-refractivity contribution in [3.05, 3.63) is 40.9 Å². The van der Waals surface area contributed by atoms with E-state index in [2.05, 4.69) is 25.5 Å². The van der Waals surface area contributed by atoms with Crippen molar-refractivity contribution in [2.24, 2.45) is 0 Å². The zero-order valence-electron chi connectivity index (χ0n) is 11.6. The molecule has 0 bridgehead atoms. The number of nitrogens with zero attached hydrogens (tertiary/aromatic N) is 4. The van der Waals surface area contributed by atoms with Gasteiger partial charge in [-0.3, -0.25) is 9.59 Å². The molecule has 1 amide bonds. The Morgan fingerprint density at radius 2 is 2.23 bits per heavy atom. The first-order valence-corrected chi connectivity index (χ1v) is 7.40. The van der Waals surface area contributed by atoms with Gasteiger partial charge in [-0.2, -0.15) is 10.1 Å². The van der Waals surface area contributed by atoms with Gasteiger partial charge in [0.1, 0.15) is 6.33 Å². The minimum Gasteiger partial charge on any atom is -0.358 e. The molecule has 0 aliphatic carbocycles. The number of benzene rings is 1. The normalized spacial score (nSPS) is 10.8. The third kappa shape index (κ3) is 2.58. The number of carbonyl (C=O) groups excluding carboxylic acids is 1. The highest BCUT2D eigenvalue weighted by Crippen LogP contribution is 2.19. The summed E-state index contributed by atoms with van der Waals surface area (Å²) in [6, 6.07) is 7.03. The van der Waals surface area contributed by atoms with E-state index in [4.69, 9.17) is 0 Å². The van der Waals surface area contributed by atoms with Gasteiger partial charge < -0.3 is 5.32 Å². The molecule has 1 aromatic carbocycles. The molecule has 22 heavy (non-hydrogen) atoms. The molecule has 0 radical (unpaired) electrons. The van der Waals surface area contributed by atoms with Gasteiger partial charge in [0, 0.05) is 7.05 Å². The zero-order valence-corrected chi connectivity index (χ0v) is 12.4. The predicted molar refractivity (Wildman–Crippen MR) is 82.1 cm³/mol. The molecule has 0 aliphatic rings. The molecule has 3 rings (SSSR count). The van der Waals surface area contributed by atoms with Crippen LogP contribution >= 0.6 is 11.8 Å². The van der Waals surface area contributed by atoms with Crippen LogP contribution in [-0.2, 0) is 4.79 Å². The summed E-state index contributed by atoms with van der Waals surface area (Å²) in [4.78, 5) is 32.6. The molecule has 112 valence electrons. The van der Waals surface area contributed by atoms with E-state index in [9.17, 15) is 9.59 Å². The summed E-state index contributed by atoms with van der Waals surface area (Å²) in [5.41, 5.74) is 0.310. The van der Waals surface area contributed by atoms with Crippen molar-refractivity contribution in [2.75, 3.05) is 12.8 Å². The predicted octanol–water partition coefficient (Wildman–Crippen LogP) is 0.342. The average Bonchev–Trinajstić information content (AvgIpc) is 3.06. The van der Waals surface area contributed by atoms with Gasteiger partial charge in [0.2, 0.25) is 11.9 Å². The van der Waals surface area contributed by atoms with Gasteiger partial charge in [-0.05, 0) is 12.1 Å². The number of hydrogen-bond acceptors (Lipinski definition) is 6. The van der Waals surface area contributed by atoms with E-state index in [1.54, 1.807) is 31.3 Å². The Kier molecular flexibility index (Phi) is 3.88. The van der Waals surface area contributed by atoms with Gasteiger partial charge in [0.05, 0.1) is 16.7 Å². The molecule has 2 N–H and O–H groups in total. The van der Waals surface area contributed by atoms with E-state index in [1.165, 1.54) is 10.9 Å². The second kappa shape index (κ2) is 5.98. The molecule has 0 unspecified atom stereocenters. The average molecular weight is 316 g/mol. The van der Waals surface area contributed by atoms with Crippen LogP contribution in [0.15, 0.2) is 40.5 Å². The highest BCUT2D eigenvalue weighted by molar-refractivity contribution is 7.99. The summed E-state index contributed by atoms with van der Waals surface area (Å²) in [6.07, 6.45) is 1.31. The summed E-state index contributed by atoms with van der Waals surface area (Å²) in [5.74, 6) is 0.259. The largest absolute Gasteiger partial charge is 0.358 e. The maximum absolute atomic E-state index is 12.7. The Balaban J connectivity index is 2.17. The maximum Gasteiger partial charge on any atom is 0.269 e. The van der Waals surface area contributed by atoms with Crippen molar-refractivity contribution in [3.8, 4) is 5.95 Å². The van der Waals surface area contributed by atoms with Crippen LogP contribution in [0.3, 0.4) is 0 Å². The first kappa shape index (κ1) is 14.3. The van der Waals surface area contributed by atoms with Crippen LogP contribution in [0.4, 0.5) is 0 Å². The first-order valence-electron chi connectivity index (χ1n) is 6.41. The number of aromatic amines is 1. The number of hydrogen-bond donors (Lipinski definition) is 2. The number of aromatic nitrogens is 5. The zero-order chi connectivity index (χ0) is 15.5. The molecule has 2 aromatic heterocycles. The number of fused-ring (bicyclic) bond motifs is 1. The monoisotopic (exact) mass is 316 g/mol. The molecule has 0 saturated carbocycles. The van der Waals surface area contributed by atoms with Crippen molar-refractivity contribution < 1.29 is 4.79 Å². The molecule has 0 fully saturated rings. The Hall–Kier alpha value is -2.68.